The van der Waals surface area contributed by atoms with Gasteiger partial charge in [-0.2, -0.15) is 0 Å². The molecular formula is C19H27ClN2O3. The highest BCUT2D eigenvalue weighted by molar-refractivity contribution is 5.92. The number of esters is 1. The maximum atomic E-state index is 11.9. The van der Waals surface area contributed by atoms with Gasteiger partial charge in [-0.15, -0.1) is 0 Å². The van der Waals surface area contributed by atoms with Crippen molar-refractivity contribution in [3.8, 4) is 0 Å². The third-order valence-electron chi connectivity index (χ3n) is 3.35. The van der Waals surface area contributed by atoms with Crippen molar-refractivity contribution in [1.29, 1.82) is 0 Å². The normalized spacial score (nSPS) is 12.2. The summed E-state index contributed by atoms with van der Waals surface area (Å²) in [6, 6.07) is 10.0. The summed E-state index contributed by atoms with van der Waals surface area (Å²) in [6.45, 7) is 8.16. The number of hydrogen-bond donors (Lipinski definition) is 1. The molecule has 1 unspecified atom stereocenters. The highest BCUT2D eigenvalue weighted by atomic mass is 35.5. The van der Waals surface area contributed by atoms with Gasteiger partial charge in [-0.1, -0.05) is 43.0 Å². The van der Waals surface area contributed by atoms with E-state index < -0.39 is 12.2 Å². The van der Waals surface area contributed by atoms with E-state index in [1.54, 1.807) is 19.9 Å². The summed E-state index contributed by atoms with van der Waals surface area (Å²) < 4.78 is 5.92. The Hall–Kier alpha value is -2.11. The van der Waals surface area contributed by atoms with Crippen LogP contribution in [0.3, 0.4) is 0 Å². The number of carbonyl (C=O) groups excluding carboxylic acids is 2. The second-order valence-electron chi connectivity index (χ2n) is 6.44. The van der Waals surface area contributed by atoms with Crippen LogP contribution >= 0.6 is 0 Å². The number of carbonyl (C=O) groups is 2. The number of hydrogen-bond acceptors (Lipinski definition) is 3. The Labute approximate surface area is 156 Å². The largest absolute Gasteiger partial charge is 1.00 e. The standard InChI is InChI=1S/C19H26N2O3.ClH/c1-6-10-18(22)24-17(20-19(23)15(2)3)14-21(4,5)13-16-11-8-7-9-12-16;/h6-12,17H,2,13-14H2,1,3-5H3;1H. The number of allylic oxidation sites excluding steroid dienone is 1. The predicted molar refractivity (Wildman–Crippen MR) is 94.8 cm³/mol. The fourth-order valence-electron chi connectivity index (χ4n) is 2.29. The van der Waals surface area contributed by atoms with E-state index in [-0.39, 0.29) is 18.3 Å². The first kappa shape index (κ1) is 22.9. The minimum atomic E-state index is -0.725. The van der Waals surface area contributed by atoms with Gasteiger partial charge in [-0.25, -0.2) is 4.79 Å². The minimum absolute atomic E-state index is 0. The Morgan fingerprint density at radius 3 is 2.40 bits per heavy atom. The summed E-state index contributed by atoms with van der Waals surface area (Å²) >= 11 is 0. The monoisotopic (exact) mass is 366 g/mol. The number of nitrogens with one attached hydrogen (secondary N) is 1. The van der Waals surface area contributed by atoms with Crippen molar-refractivity contribution in [3.63, 3.8) is 0 Å². The Kier molecular flexibility index (Phi) is 9.79. The van der Waals surface area contributed by atoms with Crippen LogP contribution < -0.4 is 17.7 Å². The van der Waals surface area contributed by atoms with Crippen LogP contribution in [-0.4, -0.2) is 43.2 Å². The van der Waals surface area contributed by atoms with Crippen LogP contribution in [0.2, 0.25) is 0 Å². The van der Waals surface area contributed by atoms with E-state index in [2.05, 4.69) is 11.9 Å². The van der Waals surface area contributed by atoms with Gasteiger partial charge in [-0.05, 0) is 13.8 Å². The third-order valence-corrected chi connectivity index (χ3v) is 3.35. The molecule has 1 aromatic rings. The number of nitrogens with zero attached hydrogens (tertiary/aromatic N) is 1. The molecule has 0 bridgehead atoms. The molecule has 0 aliphatic heterocycles. The molecule has 1 N–H and O–H groups in total. The molecule has 1 rings (SSSR count). The van der Waals surface area contributed by atoms with Crippen molar-refractivity contribution >= 4 is 11.9 Å². The van der Waals surface area contributed by atoms with E-state index in [1.165, 1.54) is 11.6 Å². The van der Waals surface area contributed by atoms with Gasteiger partial charge >= 0.3 is 5.97 Å². The first-order chi connectivity index (χ1) is 11.2. The fourth-order valence-corrected chi connectivity index (χ4v) is 2.29. The lowest BCUT2D eigenvalue weighted by Gasteiger charge is -2.33. The van der Waals surface area contributed by atoms with Crippen molar-refractivity contribution in [2.24, 2.45) is 0 Å². The molecule has 6 heteroatoms. The van der Waals surface area contributed by atoms with E-state index in [9.17, 15) is 9.59 Å². The van der Waals surface area contributed by atoms with Gasteiger partial charge in [0, 0.05) is 17.2 Å². The van der Waals surface area contributed by atoms with Gasteiger partial charge in [0.1, 0.15) is 13.1 Å². The zero-order chi connectivity index (χ0) is 18.2. The molecule has 0 aliphatic carbocycles. The summed E-state index contributed by atoms with van der Waals surface area (Å²) in [5, 5.41) is 2.72. The molecule has 0 heterocycles. The molecule has 0 spiro atoms. The number of amides is 1. The van der Waals surface area contributed by atoms with Crippen LogP contribution in [0.15, 0.2) is 54.6 Å². The Balaban J connectivity index is 0.00000576. The number of halogens is 1. The lowest BCUT2D eigenvalue weighted by Crippen LogP contribution is -3.00. The second kappa shape index (κ2) is 10.7. The smallest absolute Gasteiger partial charge is 0.332 e. The van der Waals surface area contributed by atoms with Crippen molar-refractivity contribution in [3.05, 3.63) is 60.2 Å². The van der Waals surface area contributed by atoms with Crippen molar-refractivity contribution in [2.75, 3.05) is 20.6 Å². The predicted octanol–water partition coefficient (Wildman–Crippen LogP) is -0.595. The van der Waals surface area contributed by atoms with E-state index in [0.717, 1.165) is 6.54 Å². The molecule has 1 amide bonds. The van der Waals surface area contributed by atoms with Crippen LogP contribution in [0, 0.1) is 0 Å². The SMILES string of the molecule is C=C(C)C(=O)NC(C[N+](C)(C)Cc1ccccc1)OC(=O)C=CC.[Cl-]. The van der Waals surface area contributed by atoms with Crippen LogP contribution in [0.4, 0.5) is 0 Å². The molecule has 0 aliphatic rings. The molecule has 0 saturated heterocycles. The lowest BCUT2D eigenvalue weighted by molar-refractivity contribution is -0.906. The van der Waals surface area contributed by atoms with E-state index in [4.69, 9.17) is 4.74 Å². The van der Waals surface area contributed by atoms with Gasteiger partial charge in [0.25, 0.3) is 0 Å². The fraction of sp³-hybridized carbons (Fsp3) is 0.368. The Bertz CT molecular complexity index is 612. The van der Waals surface area contributed by atoms with E-state index in [1.807, 2.05) is 44.4 Å². The first-order valence-electron chi connectivity index (χ1n) is 7.89. The van der Waals surface area contributed by atoms with Gasteiger partial charge in [0.05, 0.1) is 14.1 Å². The number of benzene rings is 1. The summed E-state index contributed by atoms with van der Waals surface area (Å²) in [7, 11) is 4.05. The van der Waals surface area contributed by atoms with Gasteiger partial charge in [0.2, 0.25) is 12.1 Å². The van der Waals surface area contributed by atoms with Crippen LogP contribution in [0.1, 0.15) is 19.4 Å². The molecular weight excluding hydrogens is 340 g/mol. The summed E-state index contributed by atoms with van der Waals surface area (Å²) in [5.74, 6) is -0.808. The summed E-state index contributed by atoms with van der Waals surface area (Å²) in [5.41, 5.74) is 1.54. The molecule has 138 valence electrons. The highest BCUT2D eigenvalue weighted by Gasteiger charge is 2.26. The molecule has 0 aromatic heterocycles. The van der Waals surface area contributed by atoms with Crippen LogP contribution in [0.25, 0.3) is 0 Å². The molecule has 25 heavy (non-hydrogen) atoms. The number of quaternary nitrogens is 1. The number of rotatable bonds is 8. The van der Waals surface area contributed by atoms with Crippen LogP contribution in [0.5, 0.6) is 0 Å². The second-order valence-corrected chi connectivity index (χ2v) is 6.44. The van der Waals surface area contributed by atoms with Gasteiger partial charge < -0.3 is 26.9 Å². The molecule has 0 radical (unpaired) electrons. The highest BCUT2D eigenvalue weighted by Crippen LogP contribution is 2.11. The third kappa shape index (κ3) is 9.08. The Morgan fingerprint density at radius 1 is 1.28 bits per heavy atom. The molecule has 1 atom stereocenters. The number of ether oxygens (including phenoxy) is 1. The van der Waals surface area contributed by atoms with Crippen LogP contribution in [-0.2, 0) is 20.9 Å². The maximum absolute atomic E-state index is 11.9. The zero-order valence-corrected chi connectivity index (χ0v) is 16.0. The lowest BCUT2D eigenvalue weighted by atomic mass is 10.2. The first-order valence-corrected chi connectivity index (χ1v) is 7.89. The molecule has 5 nitrogen and oxygen atoms in total. The van der Waals surface area contributed by atoms with Gasteiger partial charge in [0.15, 0.2) is 0 Å². The van der Waals surface area contributed by atoms with E-state index >= 15 is 0 Å². The number of likely N-dealkylation sites (N-methyl/N-ethyl adjacent to an activating group) is 1. The molecule has 0 fully saturated rings. The average molecular weight is 367 g/mol. The van der Waals surface area contributed by atoms with E-state index in [0.29, 0.717) is 16.6 Å². The minimum Gasteiger partial charge on any atom is -1.00 e. The summed E-state index contributed by atoms with van der Waals surface area (Å²) in [6.07, 6.45) is 2.21. The van der Waals surface area contributed by atoms with Gasteiger partial charge in [-0.3, -0.25) is 4.79 Å². The molecule has 0 saturated carbocycles. The quantitative estimate of drug-likeness (QED) is 0.289. The van der Waals surface area contributed by atoms with Crippen molar-refractivity contribution in [2.45, 2.75) is 26.6 Å². The average Bonchev–Trinajstić information content (AvgIpc) is 2.47. The van der Waals surface area contributed by atoms with Crippen molar-refractivity contribution < 1.29 is 31.2 Å². The Morgan fingerprint density at radius 2 is 1.88 bits per heavy atom. The van der Waals surface area contributed by atoms with Crippen molar-refractivity contribution in [1.82, 2.24) is 5.32 Å². The maximum Gasteiger partial charge on any atom is 0.332 e. The zero-order valence-electron chi connectivity index (χ0n) is 15.3. The topological polar surface area (TPSA) is 55.4 Å². The molecule has 1 aromatic carbocycles. The summed E-state index contributed by atoms with van der Waals surface area (Å²) in [4.78, 5) is 23.7.